The third-order valence-corrected chi connectivity index (χ3v) is 8.55. The van der Waals surface area contributed by atoms with Gasteiger partial charge < -0.3 is 10.6 Å². The van der Waals surface area contributed by atoms with Gasteiger partial charge in [-0.1, -0.05) is 13.3 Å². The molecule has 0 amide bonds. The van der Waals surface area contributed by atoms with Crippen LogP contribution in [-0.4, -0.2) is 45.8 Å². The van der Waals surface area contributed by atoms with Gasteiger partial charge in [-0.25, -0.2) is 4.98 Å². The van der Waals surface area contributed by atoms with E-state index in [1.807, 2.05) is 25.3 Å². The first kappa shape index (κ1) is 20.8. The predicted molar refractivity (Wildman–Crippen MR) is 116 cm³/mol. The maximum absolute atomic E-state index is 12.1. The molecule has 3 unspecified atom stereocenters. The summed E-state index contributed by atoms with van der Waals surface area (Å²) in [6.45, 7) is 2.92. The molecule has 3 rings (SSSR count). The Hall–Kier alpha value is -0.950. The van der Waals surface area contributed by atoms with Gasteiger partial charge in [-0.2, -0.15) is 0 Å². The maximum Gasteiger partial charge on any atom is 0.191 e. The van der Waals surface area contributed by atoms with Crippen molar-refractivity contribution >= 4 is 28.1 Å². The van der Waals surface area contributed by atoms with Crippen LogP contribution in [0.15, 0.2) is 4.99 Å². The predicted octanol–water partition coefficient (Wildman–Crippen LogP) is 3.20. The zero-order valence-corrected chi connectivity index (χ0v) is 18.4. The first-order valence-electron chi connectivity index (χ1n) is 10.5. The maximum atomic E-state index is 12.1. The number of hydrogen-bond acceptors (Lipinski definition) is 4. The number of nitrogens with one attached hydrogen (secondary N) is 2. The van der Waals surface area contributed by atoms with Crippen LogP contribution in [0.2, 0.25) is 0 Å². The minimum atomic E-state index is -0.682. The molecule has 2 aliphatic carbocycles. The van der Waals surface area contributed by atoms with E-state index in [4.69, 9.17) is 4.98 Å². The smallest absolute Gasteiger partial charge is 0.191 e. The molecule has 1 aromatic heterocycles. The summed E-state index contributed by atoms with van der Waals surface area (Å²) in [5, 5.41) is 8.63. The van der Waals surface area contributed by atoms with Crippen LogP contribution in [0.5, 0.6) is 0 Å². The molecule has 5 nitrogen and oxygen atoms in total. The lowest BCUT2D eigenvalue weighted by Gasteiger charge is -2.30. The van der Waals surface area contributed by atoms with E-state index in [0.717, 1.165) is 56.8 Å². The van der Waals surface area contributed by atoms with Crippen molar-refractivity contribution in [3.63, 3.8) is 0 Å². The van der Waals surface area contributed by atoms with Crippen molar-refractivity contribution in [2.75, 3.05) is 19.3 Å². The molecule has 3 atom stereocenters. The van der Waals surface area contributed by atoms with Crippen molar-refractivity contribution in [1.29, 1.82) is 0 Å². The Morgan fingerprint density at radius 1 is 1.30 bits per heavy atom. The topological polar surface area (TPSA) is 66.4 Å². The molecule has 0 bridgehead atoms. The minimum Gasteiger partial charge on any atom is -0.356 e. The number of nitrogens with zero attached hydrogens (tertiary/aromatic N) is 2. The van der Waals surface area contributed by atoms with Gasteiger partial charge in [-0.05, 0) is 51.4 Å². The molecule has 2 aliphatic rings. The van der Waals surface area contributed by atoms with Gasteiger partial charge in [-0.3, -0.25) is 9.20 Å². The summed E-state index contributed by atoms with van der Waals surface area (Å²) in [7, 11) is 1.15. The molecule has 0 saturated heterocycles. The summed E-state index contributed by atoms with van der Waals surface area (Å²) in [6.07, 6.45) is 11.5. The number of guanidine groups is 1. The summed E-state index contributed by atoms with van der Waals surface area (Å²) in [6, 6.07) is 0.385. The second-order valence-corrected chi connectivity index (χ2v) is 10.8. The Morgan fingerprint density at radius 2 is 2.15 bits per heavy atom. The van der Waals surface area contributed by atoms with Crippen LogP contribution in [0.4, 0.5) is 0 Å². The Labute approximate surface area is 170 Å². The van der Waals surface area contributed by atoms with Crippen molar-refractivity contribution in [3.8, 4) is 0 Å². The van der Waals surface area contributed by atoms with Gasteiger partial charge in [-0.15, -0.1) is 11.3 Å². The van der Waals surface area contributed by atoms with Crippen molar-refractivity contribution in [2.24, 2.45) is 4.99 Å². The molecule has 0 aliphatic heterocycles. The Bertz CT molecular complexity index is 635. The molecule has 0 radical (unpaired) electrons. The van der Waals surface area contributed by atoms with E-state index in [1.54, 1.807) is 0 Å². The standard InChI is InChI=1S/C20H34N4OS2/c1-3-27(25)16-9-6-8-15(14-16)23-20(21-2)22-13-7-12-19-24-17-10-4-5-11-18(17)26-19/h15-16H,3-14H2,1-2H3,(H2,21,22,23). The molecule has 0 aromatic carbocycles. The van der Waals surface area contributed by atoms with Crippen LogP contribution >= 0.6 is 11.3 Å². The first-order valence-corrected chi connectivity index (χ1v) is 12.7. The van der Waals surface area contributed by atoms with Crippen molar-refractivity contribution in [1.82, 2.24) is 15.6 Å². The fraction of sp³-hybridized carbons (Fsp3) is 0.800. The number of aryl methyl sites for hydroxylation is 3. The van der Waals surface area contributed by atoms with Gasteiger partial charge in [0.25, 0.3) is 0 Å². The molecule has 1 aromatic rings. The summed E-state index contributed by atoms with van der Waals surface area (Å²) >= 11 is 1.92. The summed E-state index contributed by atoms with van der Waals surface area (Å²) in [4.78, 5) is 10.7. The van der Waals surface area contributed by atoms with E-state index in [-0.39, 0.29) is 0 Å². The molecule has 2 N–H and O–H groups in total. The lowest BCUT2D eigenvalue weighted by molar-refractivity contribution is 0.413. The normalized spacial score (nSPS) is 24.3. The zero-order chi connectivity index (χ0) is 19.1. The highest BCUT2D eigenvalue weighted by molar-refractivity contribution is 7.85. The largest absolute Gasteiger partial charge is 0.356 e. The second-order valence-electron chi connectivity index (χ2n) is 7.59. The zero-order valence-electron chi connectivity index (χ0n) is 16.8. The molecule has 1 fully saturated rings. The third-order valence-electron chi connectivity index (χ3n) is 5.60. The number of aliphatic imine (C=N–C) groups is 1. The van der Waals surface area contributed by atoms with E-state index in [0.29, 0.717) is 11.3 Å². The van der Waals surface area contributed by atoms with Gasteiger partial charge in [0, 0.05) is 52.7 Å². The first-order chi connectivity index (χ1) is 13.2. The second kappa shape index (κ2) is 10.6. The van der Waals surface area contributed by atoms with E-state index >= 15 is 0 Å². The monoisotopic (exact) mass is 410 g/mol. The average Bonchev–Trinajstić information content (AvgIpc) is 3.12. The number of fused-ring (bicyclic) bond motifs is 1. The fourth-order valence-corrected chi connectivity index (χ4v) is 6.64. The molecule has 1 saturated carbocycles. The summed E-state index contributed by atoms with van der Waals surface area (Å²) < 4.78 is 12.1. The molecule has 27 heavy (non-hydrogen) atoms. The number of aromatic nitrogens is 1. The van der Waals surface area contributed by atoms with Crippen molar-refractivity contribution in [2.45, 2.75) is 82.4 Å². The average molecular weight is 411 g/mol. The molecular formula is C20H34N4OS2. The fourth-order valence-electron chi connectivity index (χ4n) is 4.10. The highest BCUT2D eigenvalue weighted by Gasteiger charge is 2.26. The quantitative estimate of drug-likeness (QED) is 0.412. The highest BCUT2D eigenvalue weighted by atomic mass is 32.2. The van der Waals surface area contributed by atoms with Crippen LogP contribution in [0.3, 0.4) is 0 Å². The Balaban J connectivity index is 1.39. The van der Waals surface area contributed by atoms with Crippen LogP contribution in [0.25, 0.3) is 0 Å². The number of thiazole rings is 1. The Morgan fingerprint density at radius 3 is 2.93 bits per heavy atom. The van der Waals surface area contributed by atoms with E-state index < -0.39 is 10.8 Å². The van der Waals surface area contributed by atoms with Crippen molar-refractivity contribution in [3.05, 3.63) is 15.6 Å². The van der Waals surface area contributed by atoms with Gasteiger partial charge in [0.1, 0.15) is 0 Å². The van der Waals surface area contributed by atoms with Crippen LogP contribution in [-0.2, 0) is 30.1 Å². The SMILES string of the molecule is CCS(=O)C1CCCC(NC(=NC)NCCCc2nc3c(s2)CCCC3)C1. The lowest BCUT2D eigenvalue weighted by atomic mass is 9.95. The molecule has 1 heterocycles. The lowest BCUT2D eigenvalue weighted by Crippen LogP contribution is -2.46. The highest BCUT2D eigenvalue weighted by Crippen LogP contribution is 2.27. The van der Waals surface area contributed by atoms with E-state index in [2.05, 4.69) is 15.6 Å². The van der Waals surface area contributed by atoms with E-state index in [9.17, 15) is 4.21 Å². The van der Waals surface area contributed by atoms with Crippen LogP contribution < -0.4 is 10.6 Å². The number of rotatable bonds is 7. The number of hydrogen-bond donors (Lipinski definition) is 2. The van der Waals surface area contributed by atoms with Gasteiger partial charge in [0.15, 0.2) is 5.96 Å². The summed E-state index contributed by atoms with van der Waals surface area (Å²) in [5.74, 6) is 1.64. The van der Waals surface area contributed by atoms with Gasteiger partial charge in [0.05, 0.1) is 10.7 Å². The Kier molecular flexibility index (Phi) is 8.12. The molecule has 152 valence electrons. The van der Waals surface area contributed by atoms with E-state index in [1.165, 1.54) is 41.3 Å². The van der Waals surface area contributed by atoms with Crippen LogP contribution in [0, 0.1) is 0 Å². The van der Waals surface area contributed by atoms with Gasteiger partial charge >= 0.3 is 0 Å². The molecule has 7 heteroatoms. The van der Waals surface area contributed by atoms with Gasteiger partial charge in [0.2, 0.25) is 0 Å². The minimum absolute atomic E-state index is 0.343. The molecular weight excluding hydrogens is 376 g/mol. The van der Waals surface area contributed by atoms with Crippen LogP contribution in [0.1, 0.15) is 67.4 Å². The molecule has 0 spiro atoms. The van der Waals surface area contributed by atoms with Crippen molar-refractivity contribution < 1.29 is 4.21 Å². The third kappa shape index (κ3) is 6.01. The summed E-state index contributed by atoms with van der Waals surface area (Å²) in [5.41, 5.74) is 1.36.